The van der Waals surface area contributed by atoms with Crippen molar-refractivity contribution in [3.63, 3.8) is 0 Å². The zero-order chi connectivity index (χ0) is 11.1. The molecule has 1 atom stereocenters. The average molecular weight is 245 g/mol. The van der Waals surface area contributed by atoms with Gasteiger partial charge in [0.05, 0.1) is 11.8 Å². The molecule has 3 nitrogen and oxygen atoms in total. The minimum atomic E-state index is -0.0922. The van der Waals surface area contributed by atoms with Crippen LogP contribution in [0.4, 0.5) is 0 Å². The highest BCUT2D eigenvalue weighted by molar-refractivity contribution is 7.98. The van der Waals surface area contributed by atoms with Crippen molar-refractivity contribution in [1.29, 1.82) is 5.26 Å². The predicted octanol–water partition coefficient (Wildman–Crippen LogP) is 2.67. The molecule has 1 unspecified atom stereocenters. The molecule has 0 aliphatic rings. The molecule has 1 aromatic rings. The summed E-state index contributed by atoms with van der Waals surface area (Å²) in [4.78, 5) is 0. The van der Waals surface area contributed by atoms with Gasteiger partial charge in [-0.25, -0.2) is 0 Å². The van der Waals surface area contributed by atoms with Gasteiger partial charge in [-0.2, -0.15) is 17.0 Å². The van der Waals surface area contributed by atoms with Gasteiger partial charge in [-0.3, -0.25) is 0 Å². The van der Waals surface area contributed by atoms with Gasteiger partial charge in [0.25, 0.3) is 0 Å². The van der Waals surface area contributed by atoms with Crippen LogP contribution in [0, 0.1) is 11.3 Å². The Labute approximate surface area is 98.8 Å². The minimum Gasteiger partial charge on any atom is -0.449 e. The van der Waals surface area contributed by atoms with Crippen molar-refractivity contribution in [1.82, 2.24) is 5.32 Å². The van der Waals surface area contributed by atoms with Gasteiger partial charge in [-0.1, -0.05) is 6.92 Å². The number of nitrogens with zero attached hydrogens (tertiary/aromatic N) is 1. The van der Waals surface area contributed by atoms with Gasteiger partial charge in [0.1, 0.15) is 11.8 Å². The lowest BCUT2D eigenvalue weighted by Crippen LogP contribution is -2.29. The fourth-order valence-electron chi connectivity index (χ4n) is 1.09. The van der Waals surface area contributed by atoms with Crippen LogP contribution in [0.5, 0.6) is 0 Å². The fourth-order valence-corrected chi connectivity index (χ4v) is 2.16. The molecule has 0 radical (unpaired) electrons. The van der Waals surface area contributed by atoms with E-state index in [0.29, 0.717) is 5.22 Å². The summed E-state index contributed by atoms with van der Waals surface area (Å²) in [6, 6.07) is 5.69. The molecule has 0 saturated heterocycles. The molecule has 0 bridgehead atoms. The van der Waals surface area contributed by atoms with Crippen LogP contribution in [0.15, 0.2) is 16.5 Å². The number of furan rings is 1. The first-order valence-electron chi connectivity index (χ1n) is 4.71. The van der Waals surface area contributed by atoms with Gasteiger partial charge in [0.15, 0.2) is 5.22 Å². The van der Waals surface area contributed by atoms with Crippen molar-refractivity contribution < 1.29 is 4.42 Å². The number of halogens is 1. The van der Waals surface area contributed by atoms with E-state index in [1.165, 1.54) is 0 Å². The number of nitriles is 1. The van der Waals surface area contributed by atoms with Gasteiger partial charge in [-0.15, -0.1) is 0 Å². The Morgan fingerprint density at radius 1 is 1.67 bits per heavy atom. The maximum atomic E-state index is 8.79. The highest BCUT2D eigenvalue weighted by atomic mass is 35.5. The summed E-state index contributed by atoms with van der Waals surface area (Å²) in [6.45, 7) is 2.80. The first-order chi connectivity index (χ1) is 7.26. The summed E-state index contributed by atoms with van der Waals surface area (Å²) >= 11 is 7.29. The Kier molecular flexibility index (Phi) is 5.62. The van der Waals surface area contributed by atoms with Crippen LogP contribution >= 0.6 is 23.4 Å². The normalized spacial score (nSPS) is 12.3. The lowest BCUT2D eigenvalue weighted by atomic mass is 10.4. The quantitative estimate of drug-likeness (QED) is 0.836. The summed E-state index contributed by atoms with van der Waals surface area (Å²) < 4.78 is 5.20. The largest absolute Gasteiger partial charge is 0.449 e. The van der Waals surface area contributed by atoms with Crippen LogP contribution in [0.3, 0.4) is 0 Å². The summed E-state index contributed by atoms with van der Waals surface area (Å²) in [7, 11) is 0. The molecule has 1 rings (SSSR count). The van der Waals surface area contributed by atoms with Crippen molar-refractivity contribution in [2.24, 2.45) is 0 Å². The third kappa shape index (κ3) is 4.61. The molecular formula is C10H13ClN2OS. The van der Waals surface area contributed by atoms with Crippen LogP contribution in [0.2, 0.25) is 5.22 Å². The van der Waals surface area contributed by atoms with Gasteiger partial charge in [0.2, 0.25) is 0 Å². The maximum absolute atomic E-state index is 8.79. The summed E-state index contributed by atoms with van der Waals surface area (Å²) in [6.07, 6.45) is 0. The second-order valence-electron chi connectivity index (χ2n) is 2.96. The molecular weight excluding hydrogens is 232 g/mol. The van der Waals surface area contributed by atoms with Crippen molar-refractivity contribution in [2.75, 3.05) is 12.3 Å². The molecule has 0 spiro atoms. The van der Waals surface area contributed by atoms with Gasteiger partial charge in [0, 0.05) is 5.75 Å². The third-order valence-corrected chi connectivity index (χ3v) is 3.02. The number of thioether (sulfide) groups is 1. The summed E-state index contributed by atoms with van der Waals surface area (Å²) in [5.41, 5.74) is 0. The molecule has 0 aromatic carbocycles. The molecule has 1 aromatic heterocycles. The molecule has 0 fully saturated rings. The molecule has 0 aliphatic heterocycles. The number of rotatable bonds is 6. The molecule has 1 N–H and O–H groups in total. The Morgan fingerprint density at radius 3 is 3.00 bits per heavy atom. The van der Waals surface area contributed by atoms with Crippen LogP contribution in [0.1, 0.15) is 12.7 Å². The molecule has 0 aliphatic carbocycles. The van der Waals surface area contributed by atoms with E-state index in [1.807, 2.05) is 13.0 Å². The standard InChI is InChI=1S/C10H13ClN2OS/c1-2-13-8(5-12)6-15-7-9-3-4-10(11)14-9/h3-4,8,13H,2,6-7H2,1H3. The van der Waals surface area contributed by atoms with Gasteiger partial charge >= 0.3 is 0 Å². The molecule has 82 valence electrons. The first kappa shape index (κ1) is 12.4. The number of hydrogen-bond acceptors (Lipinski definition) is 4. The van der Waals surface area contributed by atoms with E-state index >= 15 is 0 Å². The van der Waals surface area contributed by atoms with Crippen LogP contribution in [-0.2, 0) is 5.75 Å². The average Bonchev–Trinajstić information content (AvgIpc) is 2.63. The van der Waals surface area contributed by atoms with Crippen LogP contribution in [-0.4, -0.2) is 18.3 Å². The fraction of sp³-hybridized carbons (Fsp3) is 0.500. The van der Waals surface area contributed by atoms with E-state index in [9.17, 15) is 0 Å². The highest BCUT2D eigenvalue weighted by Crippen LogP contribution is 2.18. The Bertz CT molecular complexity index is 334. The number of hydrogen-bond donors (Lipinski definition) is 1. The minimum absolute atomic E-state index is 0.0922. The Hall–Kier alpha value is -0.630. The molecule has 15 heavy (non-hydrogen) atoms. The topological polar surface area (TPSA) is 49.0 Å². The van der Waals surface area contributed by atoms with Gasteiger partial charge in [-0.05, 0) is 30.3 Å². The molecule has 0 amide bonds. The van der Waals surface area contributed by atoms with Gasteiger partial charge < -0.3 is 9.73 Å². The molecule has 5 heteroatoms. The Morgan fingerprint density at radius 2 is 2.47 bits per heavy atom. The summed E-state index contributed by atoms with van der Waals surface area (Å²) in [5.74, 6) is 2.34. The maximum Gasteiger partial charge on any atom is 0.193 e. The van der Waals surface area contributed by atoms with E-state index in [-0.39, 0.29) is 6.04 Å². The lowest BCUT2D eigenvalue weighted by molar-refractivity contribution is 0.532. The smallest absolute Gasteiger partial charge is 0.193 e. The van der Waals surface area contributed by atoms with E-state index in [0.717, 1.165) is 23.8 Å². The Balaban J connectivity index is 2.24. The van der Waals surface area contributed by atoms with Crippen LogP contribution < -0.4 is 5.32 Å². The third-order valence-electron chi connectivity index (χ3n) is 1.76. The van der Waals surface area contributed by atoms with Crippen molar-refractivity contribution in [3.05, 3.63) is 23.1 Å². The second-order valence-corrected chi connectivity index (χ2v) is 4.36. The zero-order valence-electron chi connectivity index (χ0n) is 8.50. The van der Waals surface area contributed by atoms with E-state index in [4.69, 9.17) is 21.3 Å². The molecule has 1 heterocycles. The van der Waals surface area contributed by atoms with E-state index in [2.05, 4.69) is 11.4 Å². The van der Waals surface area contributed by atoms with E-state index < -0.39 is 0 Å². The first-order valence-corrected chi connectivity index (χ1v) is 6.24. The SMILES string of the molecule is CCNC(C#N)CSCc1ccc(Cl)o1. The summed E-state index contributed by atoms with van der Waals surface area (Å²) in [5, 5.41) is 12.3. The van der Waals surface area contributed by atoms with Crippen LogP contribution in [0.25, 0.3) is 0 Å². The monoisotopic (exact) mass is 244 g/mol. The predicted molar refractivity (Wildman–Crippen MR) is 63.0 cm³/mol. The second kappa shape index (κ2) is 6.78. The number of nitrogens with one attached hydrogen (secondary N) is 1. The lowest BCUT2D eigenvalue weighted by Gasteiger charge is -2.07. The van der Waals surface area contributed by atoms with Crippen molar-refractivity contribution >= 4 is 23.4 Å². The van der Waals surface area contributed by atoms with Crippen molar-refractivity contribution in [3.8, 4) is 6.07 Å². The zero-order valence-corrected chi connectivity index (χ0v) is 10.1. The van der Waals surface area contributed by atoms with Crippen molar-refractivity contribution in [2.45, 2.75) is 18.7 Å². The highest BCUT2D eigenvalue weighted by Gasteiger charge is 2.06. The van der Waals surface area contributed by atoms with E-state index in [1.54, 1.807) is 17.8 Å². The molecule has 0 saturated carbocycles.